The number of piperazine rings is 1. The van der Waals surface area contributed by atoms with E-state index in [0.717, 1.165) is 11.0 Å². The Labute approximate surface area is 289 Å². The van der Waals surface area contributed by atoms with Crippen molar-refractivity contribution in [2.45, 2.75) is 51.9 Å². The number of pyridine rings is 3. The molecule has 6 rings (SSSR count). The molecule has 1 saturated heterocycles. The lowest BCUT2D eigenvalue weighted by Gasteiger charge is -2.38. The van der Waals surface area contributed by atoms with Crippen LogP contribution < -0.4 is 20.5 Å². The van der Waals surface area contributed by atoms with Gasteiger partial charge >= 0.3 is 18.2 Å². The van der Waals surface area contributed by atoms with Crippen molar-refractivity contribution < 1.29 is 41.0 Å². The Bertz CT molecular complexity index is 2150. The van der Waals surface area contributed by atoms with E-state index in [9.17, 15) is 27.6 Å². The predicted octanol–water partition coefficient (Wildman–Crippen LogP) is 5.73. The zero-order valence-corrected chi connectivity index (χ0v) is 28.7. The van der Waals surface area contributed by atoms with E-state index in [-0.39, 0.29) is 87.6 Å². The number of carbonyl (C=O) groups excluding carboxylic acids is 2. The quantitative estimate of drug-likeness (QED) is 0.180. The zero-order chi connectivity index (χ0) is 37.2. The Balaban J connectivity index is 1.61. The van der Waals surface area contributed by atoms with Crippen LogP contribution in [0.1, 0.15) is 49.3 Å². The normalized spacial score (nSPS) is 15.8. The Morgan fingerprint density at radius 3 is 2.49 bits per heavy atom. The number of halogens is 5. The van der Waals surface area contributed by atoms with Crippen molar-refractivity contribution in [3.63, 3.8) is 0 Å². The number of hydrogen-bond donors (Lipinski definition) is 1. The number of aromatic nitrogens is 3. The minimum atomic E-state index is -4.63. The minimum absolute atomic E-state index is 0.000470. The SMILES string of the molecule is CCOC(=O)c1cn(C)c2ncc(-c3cnc4c(c3N3CCN[C@H](C(F)(F)F)C3)-c3c(F)c(F)cc(N(C)C(=O)OC(C)(C)C)c3C4)cc2c1=O. The van der Waals surface area contributed by atoms with Gasteiger partial charge in [0.2, 0.25) is 5.43 Å². The highest BCUT2D eigenvalue weighted by atomic mass is 19.4. The molecule has 1 aliphatic carbocycles. The van der Waals surface area contributed by atoms with Crippen LogP contribution in [0.15, 0.2) is 35.5 Å². The highest BCUT2D eigenvalue weighted by Crippen LogP contribution is 2.51. The number of alkyl halides is 3. The number of rotatable bonds is 5. The van der Waals surface area contributed by atoms with Crippen molar-refractivity contribution in [2.75, 3.05) is 43.1 Å². The van der Waals surface area contributed by atoms with Crippen LogP contribution in [0.2, 0.25) is 0 Å². The van der Waals surface area contributed by atoms with Crippen LogP contribution in [0, 0.1) is 11.6 Å². The van der Waals surface area contributed by atoms with Gasteiger partial charge in [-0.15, -0.1) is 0 Å². The monoisotopic (exact) mass is 714 g/mol. The Morgan fingerprint density at radius 2 is 1.82 bits per heavy atom. The smallest absolute Gasteiger partial charge is 0.414 e. The summed E-state index contributed by atoms with van der Waals surface area (Å²) < 4.78 is 85.8. The Kier molecular flexibility index (Phi) is 9.02. The number of fused-ring (bicyclic) bond motifs is 4. The van der Waals surface area contributed by atoms with Gasteiger partial charge in [-0.1, -0.05) is 0 Å². The lowest BCUT2D eigenvalue weighted by Crippen LogP contribution is -2.57. The first-order chi connectivity index (χ1) is 23.9. The molecule has 4 heterocycles. The van der Waals surface area contributed by atoms with Crippen LogP contribution in [0.3, 0.4) is 0 Å². The summed E-state index contributed by atoms with van der Waals surface area (Å²) in [5, 5.41) is 2.48. The molecule has 1 aliphatic heterocycles. The number of benzene rings is 1. The van der Waals surface area contributed by atoms with Crippen LogP contribution in [0.5, 0.6) is 0 Å². The second kappa shape index (κ2) is 12.9. The first kappa shape index (κ1) is 35.7. The second-order valence-corrected chi connectivity index (χ2v) is 13.4. The van der Waals surface area contributed by atoms with Crippen LogP contribution in [-0.4, -0.2) is 77.7 Å². The summed E-state index contributed by atoms with van der Waals surface area (Å²) in [6.07, 6.45) is -1.46. The van der Waals surface area contributed by atoms with Crippen molar-refractivity contribution in [3.8, 4) is 22.3 Å². The molecule has 1 amide bonds. The van der Waals surface area contributed by atoms with E-state index in [4.69, 9.17) is 9.47 Å². The van der Waals surface area contributed by atoms with Crippen LogP contribution in [0.4, 0.5) is 38.1 Å². The molecule has 270 valence electrons. The van der Waals surface area contributed by atoms with Crippen LogP contribution >= 0.6 is 0 Å². The van der Waals surface area contributed by atoms with E-state index in [1.54, 1.807) is 34.7 Å². The third kappa shape index (κ3) is 6.48. The fraction of sp³-hybridized carbons (Fsp3) is 0.400. The molecule has 16 heteroatoms. The predicted molar refractivity (Wildman–Crippen MR) is 179 cm³/mol. The Morgan fingerprint density at radius 1 is 1.10 bits per heavy atom. The largest absolute Gasteiger partial charge is 0.462 e. The molecule has 1 aromatic carbocycles. The molecule has 0 radical (unpaired) electrons. The van der Waals surface area contributed by atoms with Gasteiger partial charge in [0.15, 0.2) is 11.6 Å². The van der Waals surface area contributed by atoms with Crippen LogP contribution in [0.25, 0.3) is 33.3 Å². The molecule has 1 N–H and O–H groups in total. The van der Waals surface area contributed by atoms with Gasteiger partial charge in [0, 0.05) is 87.1 Å². The van der Waals surface area contributed by atoms with Gasteiger partial charge in [-0.25, -0.2) is 23.4 Å². The van der Waals surface area contributed by atoms with Crippen LogP contribution in [-0.2, 0) is 22.9 Å². The summed E-state index contributed by atoms with van der Waals surface area (Å²) in [5.41, 5.74) is -0.866. The van der Waals surface area contributed by atoms with Crippen molar-refractivity contribution in [3.05, 3.63) is 69.4 Å². The van der Waals surface area contributed by atoms with Crippen molar-refractivity contribution in [2.24, 2.45) is 7.05 Å². The molecule has 11 nitrogen and oxygen atoms in total. The highest BCUT2D eigenvalue weighted by molar-refractivity contribution is 6.00. The molecule has 0 bridgehead atoms. The van der Waals surface area contributed by atoms with E-state index in [0.29, 0.717) is 0 Å². The maximum absolute atomic E-state index is 16.1. The fourth-order valence-corrected chi connectivity index (χ4v) is 6.50. The number of aryl methyl sites for hydroxylation is 1. The molecular formula is C35H35F5N6O5. The molecule has 0 saturated carbocycles. The van der Waals surface area contributed by atoms with Gasteiger partial charge < -0.3 is 24.3 Å². The third-order valence-electron chi connectivity index (χ3n) is 8.76. The van der Waals surface area contributed by atoms with Crippen molar-refractivity contribution >= 4 is 34.5 Å². The summed E-state index contributed by atoms with van der Waals surface area (Å²) in [6.45, 7) is 5.94. The first-order valence-electron chi connectivity index (χ1n) is 16.1. The molecule has 51 heavy (non-hydrogen) atoms. The molecule has 0 unspecified atom stereocenters. The van der Waals surface area contributed by atoms with Gasteiger partial charge in [-0.3, -0.25) is 14.7 Å². The van der Waals surface area contributed by atoms with Crippen molar-refractivity contribution in [1.82, 2.24) is 19.9 Å². The molecule has 1 atom stereocenters. The summed E-state index contributed by atoms with van der Waals surface area (Å²) in [6, 6.07) is 0.354. The molecular weight excluding hydrogens is 679 g/mol. The van der Waals surface area contributed by atoms with E-state index >= 15 is 8.78 Å². The maximum Gasteiger partial charge on any atom is 0.414 e. The molecule has 4 aromatic rings. The number of nitrogens with one attached hydrogen (secondary N) is 1. The van der Waals surface area contributed by atoms with Gasteiger partial charge in [-0.2, -0.15) is 13.2 Å². The number of nitrogens with zero attached hydrogens (tertiary/aromatic N) is 5. The number of carbonyl (C=O) groups is 2. The average Bonchev–Trinajstić information content (AvgIpc) is 3.46. The van der Waals surface area contributed by atoms with E-state index in [2.05, 4.69) is 15.3 Å². The number of ether oxygens (including phenoxy) is 2. The maximum atomic E-state index is 16.1. The van der Waals surface area contributed by atoms with E-state index in [1.807, 2.05) is 0 Å². The first-order valence-corrected chi connectivity index (χ1v) is 16.1. The zero-order valence-electron chi connectivity index (χ0n) is 28.7. The highest BCUT2D eigenvalue weighted by Gasteiger charge is 2.44. The average molecular weight is 715 g/mol. The molecule has 3 aromatic heterocycles. The number of amides is 1. The molecule has 2 aliphatic rings. The molecule has 0 spiro atoms. The summed E-state index contributed by atoms with van der Waals surface area (Å²) >= 11 is 0. The lowest BCUT2D eigenvalue weighted by atomic mass is 9.96. The number of hydrogen-bond acceptors (Lipinski definition) is 9. The summed E-state index contributed by atoms with van der Waals surface area (Å²) in [7, 11) is 2.93. The third-order valence-corrected chi connectivity index (χ3v) is 8.76. The van der Waals surface area contributed by atoms with Gasteiger partial charge in [0.1, 0.15) is 22.9 Å². The number of esters is 1. The summed E-state index contributed by atoms with van der Waals surface area (Å²) in [4.78, 5) is 50.7. The fourth-order valence-electron chi connectivity index (χ4n) is 6.50. The second-order valence-electron chi connectivity index (χ2n) is 13.4. The Hall–Kier alpha value is -5.12. The molecule has 1 fully saturated rings. The minimum Gasteiger partial charge on any atom is -0.462 e. The van der Waals surface area contributed by atoms with Gasteiger partial charge in [0.25, 0.3) is 0 Å². The summed E-state index contributed by atoms with van der Waals surface area (Å²) in [5.74, 6) is -3.40. The lowest BCUT2D eigenvalue weighted by molar-refractivity contribution is -0.155. The van der Waals surface area contributed by atoms with Gasteiger partial charge in [-0.05, 0) is 39.3 Å². The van der Waals surface area contributed by atoms with Gasteiger partial charge in [0.05, 0.1) is 29.1 Å². The van der Waals surface area contributed by atoms with E-state index in [1.165, 1.54) is 41.2 Å². The van der Waals surface area contributed by atoms with E-state index < -0.39 is 53.5 Å². The standard InChI is InChI=1S/C35H35F5N6O5/c1-7-50-32(48)21-15-44(5)31-19(30(21)47)10-17(13-43-31)20-14-42-23-11-18-24(45(6)33(49)51-34(2,3)4)12-22(36)28(37)26(18)27(23)29(20)46-9-8-41-25(16-46)35(38,39)40/h10,12-15,25,41H,7-9,11,16H2,1-6H3/t25-/m0/s1. The number of anilines is 2. The van der Waals surface area contributed by atoms with Crippen molar-refractivity contribution in [1.29, 1.82) is 0 Å². The topological polar surface area (TPSA) is 119 Å².